The largest absolute Gasteiger partial charge is 0.381 e. The third-order valence-corrected chi connectivity index (χ3v) is 5.71. The van der Waals surface area contributed by atoms with E-state index in [2.05, 4.69) is 20.6 Å². The maximum atomic E-state index is 13.5. The van der Waals surface area contributed by atoms with Crippen molar-refractivity contribution >= 4 is 39.7 Å². The number of aromatic nitrogens is 5. The van der Waals surface area contributed by atoms with Crippen molar-refractivity contribution in [2.24, 2.45) is 0 Å². The zero-order valence-electron chi connectivity index (χ0n) is 17.4. The van der Waals surface area contributed by atoms with Gasteiger partial charge in [0, 0.05) is 11.4 Å². The van der Waals surface area contributed by atoms with Crippen molar-refractivity contribution in [3.05, 3.63) is 93.6 Å². The third-order valence-electron chi connectivity index (χ3n) is 5.40. The fraction of sp³-hybridized carbons (Fsp3) is 0.0870. The highest BCUT2D eigenvalue weighted by atomic mass is 35.5. The molecular formula is C23H18ClN7O2. The monoisotopic (exact) mass is 459 g/mol. The number of carbonyl (C=O) groups is 1. The number of nitrogens with one attached hydrogen (secondary N) is 1. The molecule has 0 saturated carbocycles. The number of pyridine rings is 1. The predicted molar refractivity (Wildman–Crippen MR) is 126 cm³/mol. The lowest BCUT2D eigenvalue weighted by Gasteiger charge is -2.21. The molecule has 3 N–H and O–H groups in total. The van der Waals surface area contributed by atoms with E-state index in [4.69, 9.17) is 17.3 Å². The quantitative estimate of drug-likeness (QED) is 0.426. The Kier molecular flexibility index (Phi) is 5.02. The SMILES string of the molecule is C[C@H](NC(=O)c1c(N)nn2ccnnc12)c1cc2cccc(Cl)c2c(=O)n1-c1ccccc1. The molecule has 5 rings (SSSR count). The summed E-state index contributed by atoms with van der Waals surface area (Å²) in [5.74, 6) is -0.445. The summed E-state index contributed by atoms with van der Waals surface area (Å²) in [5.41, 5.74) is 7.29. The summed E-state index contributed by atoms with van der Waals surface area (Å²) in [5, 5.41) is 16.3. The molecule has 33 heavy (non-hydrogen) atoms. The molecule has 0 spiro atoms. The highest BCUT2D eigenvalue weighted by molar-refractivity contribution is 6.35. The van der Waals surface area contributed by atoms with Crippen LogP contribution in [0.5, 0.6) is 0 Å². The van der Waals surface area contributed by atoms with Gasteiger partial charge < -0.3 is 11.1 Å². The van der Waals surface area contributed by atoms with Crippen molar-refractivity contribution in [2.45, 2.75) is 13.0 Å². The maximum Gasteiger partial charge on any atom is 0.264 e. The van der Waals surface area contributed by atoms with E-state index in [1.165, 1.54) is 10.7 Å². The number of nitrogens with zero attached hydrogens (tertiary/aromatic N) is 5. The molecule has 2 aromatic carbocycles. The van der Waals surface area contributed by atoms with Crippen LogP contribution in [0.25, 0.3) is 22.1 Å². The predicted octanol–water partition coefficient (Wildman–Crippen LogP) is 3.16. The standard InChI is InChI=1S/C23H18ClN7O2/c1-13(27-22(32)19-20(25)29-30-11-10-26-28-21(19)30)17-12-14-6-5-9-16(24)18(14)23(33)31(17)15-7-3-2-4-8-15/h2-13H,1H3,(H2,25,29)(H,27,32)/t13-/m0/s1. The minimum atomic E-state index is -0.570. The lowest BCUT2D eigenvalue weighted by atomic mass is 10.1. The molecule has 164 valence electrons. The van der Waals surface area contributed by atoms with Crippen molar-refractivity contribution in [2.75, 3.05) is 5.73 Å². The lowest BCUT2D eigenvalue weighted by Crippen LogP contribution is -2.32. The second-order valence-corrected chi connectivity index (χ2v) is 7.89. The molecule has 0 aliphatic carbocycles. The number of carbonyl (C=O) groups excluding carboxylic acids is 1. The van der Waals surface area contributed by atoms with Gasteiger partial charge in [-0.25, -0.2) is 4.52 Å². The molecular weight excluding hydrogens is 442 g/mol. The van der Waals surface area contributed by atoms with E-state index in [0.717, 1.165) is 0 Å². The first kappa shape index (κ1) is 20.7. The molecule has 0 aliphatic rings. The second kappa shape index (κ2) is 8.03. The Bertz CT molecular complexity index is 1580. The first-order valence-corrected chi connectivity index (χ1v) is 10.5. The fourth-order valence-corrected chi connectivity index (χ4v) is 4.15. The molecule has 0 fully saturated rings. The smallest absolute Gasteiger partial charge is 0.264 e. The van der Waals surface area contributed by atoms with Crippen molar-refractivity contribution in [1.29, 1.82) is 0 Å². The number of hydrogen-bond donors (Lipinski definition) is 2. The van der Waals surface area contributed by atoms with Gasteiger partial charge in [0.05, 0.1) is 28.8 Å². The number of para-hydroxylation sites is 1. The number of benzene rings is 2. The minimum absolute atomic E-state index is 0.0333. The highest BCUT2D eigenvalue weighted by Gasteiger charge is 2.24. The first-order valence-electron chi connectivity index (χ1n) is 10.1. The summed E-state index contributed by atoms with van der Waals surface area (Å²) in [6, 6.07) is 15.7. The van der Waals surface area contributed by atoms with Crippen LogP contribution in [0.1, 0.15) is 29.0 Å². The maximum absolute atomic E-state index is 13.5. The number of anilines is 1. The average molecular weight is 460 g/mol. The van der Waals surface area contributed by atoms with Gasteiger partial charge in [0.15, 0.2) is 11.5 Å². The van der Waals surface area contributed by atoms with Crippen LogP contribution in [-0.2, 0) is 0 Å². The van der Waals surface area contributed by atoms with Crippen LogP contribution in [0.15, 0.2) is 71.8 Å². The van der Waals surface area contributed by atoms with Gasteiger partial charge in [-0.1, -0.05) is 41.9 Å². The zero-order chi connectivity index (χ0) is 23.1. The summed E-state index contributed by atoms with van der Waals surface area (Å²) in [6.45, 7) is 1.79. The zero-order valence-corrected chi connectivity index (χ0v) is 18.2. The highest BCUT2D eigenvalue weighted by Crippen LogP contribution is 2.26. The molecule has 0 unspecified atom stereocenters. The van der Waals surface area contributed by atoms with Crippen molar-refractivity contribution in [3.63, 3.8) is 0 Å². The van der Waals surface area contributed by atoms with Crippen molar-refractivity contribution in [3.8, 4) is 5.69 Å². The van der Waals surface area contributed by atoms with Gasteiger partial charge in [-0.2, -0.15) is 5.10 Å². The molecule has 0 saturated heterocycles. The molecule has 0 bridgehead atoms. The van der Waals surface area contributed by atoms with Crippen LogP contribution < -0.4 is 16.6 Å². The molecule has 0 radical (unpaired) electrons. The Balaban J connectivity index is 1.64. The van der Waals surface area contributed by atoms with E-state index in [1.807, 2.05) is 42.5 Å². The van der Waals surface area contributed by atoms with Crippen molar-refractivity contribution < 1.29 is 4.79 Å². The van der Waals surface area contributed by atoms with Gasteiger partial charge in [0.1, 0.15) is 5.56 Å². The van der Waals surface area contributed by atoms with Crippen LogP contribution in [0.2, 0.25) is 5.02 Å². The summed E-state index contributed by atoms with van der Waals surface area (Å²) < 4.78 is 2.94. The fourth-order valence-electron chi connectivity index (χ4n) is 3.89. The number of nitrogens with two attached hydrogens (primary N) is 1. The number of nitrogen functional groups attached to an aromatic ring is 1. The second-order valence-electron chi connectivity index (χ2n) is 7.49. The molecule has 3 heterocycles. The van der Waals surface area contributed by atoms with E-state index in [9.17, 15) is 9.59 Å². The Morgan fingerprint density at radius 1 is 1.15 bits per heavy atom. The molecule has 10 heteroatoms. The van der Waals surface area contributed by atoms with Crippen LogP contribution >= 0.6 is 11.6 Å². The topological polar surface area (TPSA) is 120 Å². The van der Waals surface area contributed by atoms with Crippen LogP contribution in [0.3, 0.4) is 0 Å². The summed E-state index contributed by atoms with van der Waals surface area (Å²) >= 11 is 6.36. The van der Waals surface area contributed by atoms with E-state index >= 15 is 0 Å². The third kappa shape index (κ3) is 3.48. The summed E-state index contributed by atoms with van der Waals surface area (Å²) in [7, 11) is 0. The number of hydrogen-bond acceptors (Lipinski definition) is 6. The van der Waals surface area contributed by atoms with E-state index in [-0.39, 0.29) is 22.6 Å². The molecule has 5 aromatic rings. The van der Waals surface area contributed by atoms with Gasteiger partial charge in [0.2, 0.25) is 0 Å². The van der Waals surface area contributed by atoms with Gasteiger partial charge >= 0.3 is 0 Å². The number of fused-ring (bicyclic) bond motifs is 2. The molecule has 1 amide bonds. The van der Waals surface area contributed by atoms with Crippen LogP contribution in [0.4, 0.5) is 5.82 Å². The first-order chi connectivity index (χ1) is 16.0. The van der Waals surface area contributed by atoms with E-state index < -0.39 is 11.9 Å². The van der Waals surface area contributed by atoms with E-state index in [0.29, 0.717) is 27.2 Å². The number of amides is 1. The van der Waals surface area contributed by atoms with Crippen LogP contribution in [0, 0.1) is 0 Å². The number of rotatable bonds is 4. The Labute approximate surface area is 192 Å². The van der Waals surface area contributed by atoms with Crippen molar-refractivity contribution in [1.82, 2.24) is 29.7 Å². The Morgan fingerprint density at radius 2 is 1.94 bits per heavy atom. The molecule has 9 nitrogen and oxygen atoms in total. The van der Waals surface area contributed by atoms with Gasteiger partial charge in [-0.05, 0) is 36.6 Å². The molecule has 3 aromatic heterocycles. The normalized spacial score (nSPS) is 12.2. The minimum Gasteiger partial charge on any atom is -0.381 e. The average Bonchev–Trinajstić information content (AvgIpc) is 3.15. The lowest BCUT2D eigenvalue weighted by molar-refractivity contribution is 0.0941. The van der Waals surface area contributed by atoms with Crippen LogP contribution in [-0.4, -0.2) is 30.3 Å². The molecule has 0 aliphatic heterocycles. The summed E-state index contributed by atoms with van der Waals surface area (Å²) in [6.07, 6.45) is 3.00. The van der Waals surface area contributed by atoms with Gasteiger partial charge in [0.25, 0.3) is 11.5 Å². The van der Waals surface area contributed by atoms with Gasteiger partial charge in [-0.3, -0.25) is 14.2 Å². The van der Waals surface area contributed by atoms with Gasteiger partial charge in [-0.15, -0.1) is 10.2 Å². The molecule has 1 atom stereocenters. The number of halogens is 1. The Hall–Kier alpha value is -4.24. The Morgan fingerprint density at radius 3 is 2.73 bits per heavy atom. The summed E-state index contributed by atoms with van der Waals surface area (Å²) in [4.78, 5) is 26.7. The van der Waals surface area contributed by atoms with E-state index in [1.54, 1.807) is 29.8 Å².